The van der Waals surface area contributed by atoms with Crippen molar-refractivity contribution in [1.82, 2.24) is 0 Å². The van der Waals surface area contributed by atoms with E-state index < -0.39 is 14.4 Å². The summed E-state index contributed by atoms with van der Waals surface area (Å²) in [6, 6.07) is 0. The van der Waals surface area contributed by atoms with Gasteiger partial charge in [-0.3, -0.25) is 4.79 Å². The smallest absolute Gasteiger partial charge is 0.245 e. The standard InChI is InChI=1S/C12H27NO2Si/c1-8(2)16(9(3)4,10(5)6)15-11(7)12(13)14/h8-11H,1-7H3,(H2,13,14). The zero-order valence-electron chi connectivity index (χ0n) is 11.7. The van der Waals surface area contributed by atoms with Crippen LogP contribution < -0.4 is 5.73 Å². The van der Waals surface area contributed by atoms with Gasteiger partial charge in [-0.1, -0.05) is 41.5 Å². The Morgan fingerprint density at radius 3 is 1.44 bits per heavy atom. The van der Waals surface area contributed by atoms with Crippen LogP contribution in [-0.4, -0.2) is 20.3 Å². The van der Waals surface area contributed by atoms with Crippen LogP contribution in [0.5, 0.6) is 0 Å². The molecule has 1 amide bonds. The fourth-order valence-electron chi connectivity index (χ4n) is 2.77. The van der Waals surface area contributed by atoms with E-state index in [9.17, 15) is 4.79 Å². The van der Waals surface area contributed by atoms with Gasteiger partial charge in [0.1, 0.15) is 6.10 Å². The van der Waals surface area contributed by atoms with E-state index in [1.54, 1.807) is 6.92 Å². The average molecular weight is 245 g/mol. The van der Waals surface area contributed by atoms with E-state index in [-0.39, 0.29) is 5.91 Å². The SMILES string of the molecule is CC(O[Si](C(C)C)(C(C)C)C(C)C)C(N)=O. The molecule has 0 rings (SSSR count). The molecule has 0 aromatic carbocycles. The van der Waals surface area contributed by atoms with Gasteiger partial charge in [0.2, 0.25) is 14.2 Å². The molecule has 0 saturated carbocycles. The number of hydrogen-bond acceptors (Lipinski definition) is 2. The predicted octanol–water partition coefficient (Wildman–Crippen LogP) is 3.05. The number of carbonyl (C=O) groups is 1. The van der Waals surface area contributed by atoms with Gasteiger partial charge in [0.05, 0.1) is 0 Å². The molecule has 16 heavy (non-hydrogen) atoms. The molecule has 0 aromatic rings. The molecule has 1 atom stereocenters. The van der Waals surface area contributed by atoms with Crippen LogP contribution in [0.1, 0.15) is 48.5 Å². The molecule has 0 heterocycles. The molecule has 0 aromatic heterocycles. The summed E-state index contributed by atoms with van der Waals surface area (Å²) >= 11 is 0. The molecule has 1 unspecified atom stereocenters. The monoisotopic (exact) mass is 245 g/mol. The van der Waals surface area contributed by atoms with Crippen molar-refractivity contribution in [3.63, 3.8) is 0 Å². The zero-order valence-corrected chi connectivity index (χ0v) is 12.7. The summed E-state index contributed by atoms with van der Waals surface area (Å²) in [5.41, 5.74) is 6.74. The molecule has 0 aliphatic heterocycles. The first-order valence-corrected chi connectivity index (χ1v) is 8.27. The first-order valence-electron chi connectivity index (χ1n) is 6.13. The van der Waals surface area contributed by atoms with E-state index in [0.717, 1.165) is 0 Å². The summed E-state index contributed by atoms with van der Waals surface area (Å²) < 4.78 is 6.15. The molecular weight excluding hydrogens is 218 g/mol. The minimum atomic E-state index is -1.95. The van der Waals surface area contributed by atoms with Gasteiger partial charge in [-0.25, -0.2) is 0 Å². The van der Waals surface area contributed by atoms with E-state index in [1.165, 1.54) is 0 Å². The van der Waals surface area contributed by atoms with Crippen molar-refractivity contribution in [2.24, 2.45) is 5.73 Å². The van der Waals surface area contributed by atoms with E-state index in [0.29, 0.717) is 16.6 Å². The lowest BCUT2D eigenvalue weighted by molar-refractivity contribution is -0.124. The third-order valence-electron chi connectivity index (χ3n) is 3.49. The molecular formula is C12H27NO2Si. The number of rotatable bonds is 6. The van der Waals surface area contributed by atoms with Crippen molar-refractivity contribution >= 4 is 14.2 Å². The third kappa shape index (κ3) is 3.07. The van der Waals surface area contributed by atoms with Gasteiger partial charge >= 0.3 is 0 Å². The highest BCUT2D eigenvalue weighted by molar-refractivity contribution is 6.77. The van der Waals surface area contributed by atoms with Crippen LogP contribution in [0.2, 0.25) is 16.6 Å². The summed E-state index contributed by atoms with van der Waals surface area (Å²) in [7, 11) is -1.95. The topological polar surface area (TPSA) is 52.3 Å². The number of nitrogens with two attached hydrogens (primary N) is 1. The molecule has 4 heteroatoms. The molecule has 0 fully saturated rings. The molecule has 0 aliphatic rings. The second kappa shape index (κ2) is 5.82. The van der Waals surface area contributed by atoms with Crippen molar-refractivity contribution in [1.29, 1.82) is 0 Å². The lowest BCUT2D eigenvalue weighted by Crippen LogP contribution is -2.51. The van der Waals surface area contributed by atoms with Crippen molar-refractivity contribution < 1.29 is 9.22 Å². The van der Waals surface area contributed by atoms with Crippen LogP contribution in [0, 0.1) is 0 Å². The minimum Gasteiger partial charge on any atom is -0.404 e. The normalized spacial score (nSPS) is 14.9. The Morgan fingerprint density at radius 2 is 1.25 bits per heavy atom. The van der Waals surface area contributed by atoms with E-state index in [2.05, 4.69) is 41.5 Å². The maximum atomic E-state index is 11.2. The van der Waals surface area contributed by atoms with Crippen LogP contribution in [0.4, 0.5) is 0 Å². The molecule has 0 spiro atoms. The molecule has 0 bridgehead atoms. The summed E-state index contributed by atoms with van der Waals surface area (Å²) in [5.74, 6) is -0.362. The highest BCUT2D eigenvalue weighted by Crippen LogP contribution is 2.42. The quantitative estimate of drug-likeness (QED) is 0.731. The van der Waals surface area contributed by atoms with Gasteiger partial charge in [0, 0.05) is 0 Å². The lowest BCUT2D eigenvalue weighted by Gasteiger charge is -2.43. The predicted molar refractivity (Wildman–Crippen MR) is 70.8 cm³/mol. The van der Waals surface area contributed by atoms with Crippen molar-refractivity contribution in [3.05, 3.63) is 0 Å². The number of amides is 1. The Morgan fingerprint density at radius 1 is 0.938 bits per heavy atom. The molecule has 0 radical (unpaired) electrons. The molecule has 3 nitrogen and oxygen atoms in total. The second-order valence-corrected chi connectivity index (χ2v) is 10.9. The van der Waals surface area contributed by atoms with Crippen molar-refractivity contribution in [2.75, 3.05) is 0 Å². The molecule has 96 valence electrons. The molecule has 0 aliphatic carbocycles. The van der Waals surface area contributed by atoms with Crippen molar-refractivity contribution in [3.8, 4) is 0 Å². The van der Waals surface area contributed by atoms with Gasteiger partial charge in [-0.05, 0) is 23.5 Å². The largest absolute Gasteiger partial charge is 0.404 e. The minimum absolute atomic E-state index is 0.362. The Labute approximate surface area is 101 Å². The van der Waals surface area contributed by atoms with Gasteiger partial charge in [0.25, 0.3) is 0 Å². The Bertz CT molecular complexity index is 217. The fourth-order valence-corrected chi connectivity index (χ4v) is 8.32. The fraction of sp³-hybridized carbons (Fsp3) is 0.917. The zero-order chi connectivity index (χ0) is 13.1. The molecule has 0 saturated heterocycles. The first-order chi connectivity index (χ1) is 7.16. The van der Waals surface area contributed by atoms with Gasteiger partial charge < -0.3 is 10.2 Å². The summed E-state index contributed by atoms with van der Waals surface area (Å²) in [6.45, 7) is 14.9. The van der Waals surface area contributed by atoms with Crippen LogP contribution in [0.15, 0.2) is 0 Å². The third-order valence-corrected chi connectivity index (χ3v) is 9.66. The van der Waals surface area contributed by atoms with Gasteiger partial charge in [-0.2, -0.15) is 0 Å². The Hall–Kier alpha value is -0.353. The van der Waals surface area contributed by atoms with E-state index in [1.807, 2.05) is 0 Å². The van der Waals surface area contributed by atoms with E-state index in [4.69, 9.17) is 10.2 Å². The molecule has 2 N–H and O–H groups in total. The summed E-state index contributed by atoms with van der Waals surface area (Å²) in [5, 5.41) is 0. The average Bonchev–Trinajstić information content (AvgIpc) is 2.11. The van der Waals surface area contributed by atoms with E-state index >= 15 is 0 Å². The highest BCUT2D eigenvalue weighted by atomic mass is 28.4. The van der Waals surface area contributed by atoms with Gasteiger partial charge in [0.15, 0.2) is 0 Å². The van der Waals surface area contributed by atoms with Crippen LogP contribution >= 0.6 is 0 Å². The maximum absolute atomic E-state index is 11.2. The summed E-state index contributed by atoms with van der Waals surface area (Å²) in [4.78, 5) is 11.2. The number of hydrogen-bond donors (Lipinski definition) is 1. The number of carbonyl (C=O) groups excluding carboxylic acids is 1. The first kappa shape index (κ1) is 15.6. The Kier molecular flexibility index (Phi) is 5.69. The maximum Gasteiger partial charge on any atom is 0.245 e. The van der Waals surface area contributed by atoms with Crippen LogP contribution in [0.3, 0.4) is 0 Å². The van der Waals surface area contributed by atoms with Crippen molar-refractivity contribution in [2.45, 2.75) is 71.2 Å². The van der Waals surface area contributed by atoms with Gasteiger partial charge in [-0.15, -0.1) is 0 Å². The highest BCUT2D eigenvalue weighted by Gasteiger charge is 2.46. The second-order valence-electron chi connectivity index (χ2n) is 5.48. The summed E-state index contributed by atoms with van der Waals surface area (Å²) in [6.07, 6.45) is -0.473. The number of primary amides is 1. The Balaban J connectivity index is 5.13. The lowest BCUT2D eigenvalue weighted by atomic mass is 10.4. The van der Waals surface area contributed by atoms with Crippen LogP contribution in [-0.2, 0) is 9.22 Å². The van der Waals surface area contributed by atoms with Crippen LogP contribution in [0.25, 0.3) is 0 Å².